The first-order valence-electron chi connectivity index (χ1n) is 6.84. The predicted molar refractivity (Wildman–Crippen MR) is 81.4 cm³/mol. The maximum atomic E-state index is 11.9. The number of nitrogens with zero attached hydrogens (tertiary/aromatic N) is 1. The number of carbonyl (C=O) groups excluding carboxylic acids is 2. The first-order chi connectivity index (χ1) is 10.6. The molecule has 0 aliphatic heterocycles. The van der Waals surface area contributed by atoms with Crippen LogP contribution in [0.4, 0.5) is 0 Å². The first kappa shape index (κ1) is 15.5. The Morgan fingerprint density at radius 2 is 1.68 bits per heavy atom. The molecular formula is C16H17N3O3. The summed E-state index contributed by atoms with van der Waals surface area (Å²) in [6.45, 7) is 3.85. The maximum absolute atomic E-state index is 11.9. The number of ether oxygens (including phenoxy) is 1. The van der Waals surface area contributed by atoms with Crippen LogP contribution in [0.5, 0.6) is 5.75 Å². The van der Waals surface area contributed by atoms with Crippen LogP contribution in [0, 0.1) is 0 Å². The molecule has 0 bridgehead atoms. The summed E-state index contributed by atoms with van der Waals surface area (Å²) < 4.78 is 5.50. The van der Waals surface area contributed by atoms with E-state index >= 15 is 0 Å². The number of hydrogen-bond acceptors (Lipinski definition) is 4. The normalized spacial score (nSPS) is 10.1. The van der Waals surface area contributed by atoms with Crippen LogP contribution < -0.4 is 15.6 Å². The fraction of sp³-hybridized carbons (Fsp3) is 0.188. The van der Waals surface area contributed by atoms with E-state index in [1.807, 2.05) is 13.8 Å². The fourth-order valence-corrected chi connectivity index (χ4v) is 1.70. The lowest BCUT2D eigenvalue weighted by Crippen LogP contribution is -2.41. The van der Waals surface area contributed by atoms with E-state index < -0.39 is 11.8 Å². The number of pyridine rings is 1. The molecule has 1 aromatic heterocycles. The SMILES string of the molecule is CC(C)Oc1ccc(C(=O)NNC(=O)c2ccccn2)cc1. The van der Waals surface area contributed by atoms with Crippen molar-refractivity contribution in [3.05, 3.63) is 59.9 Å². The van der Waals surface area contributed by atoms with Crippen molar-refractivity contribution in [3.63, 3.8) is 0 Å². The highest BCUT2D eigenvalue weighted by molar-refractivity contribution is 5.98. The number of benzene rings is 1. The largest absolute Gasteiger partial charge is 0.491 e. The molecule has 0 saturated heterocycles. The van der Waals surface area contributed by atoms with Gasteiger partial charge >= 0.3 is 0 Å². The Balaban J connectivity index is 1.91. The van der Waals surface area contributed by atoms with Crippen molar-refractivity contribution in [1.82, 2.24) is 15.8 Å². The van der Waals surface area contributed by atoms with E-state index in [1.54, 1.807) is 42.5 Å². The van der Waals surface area contributed by atoms with Crippen LogP contribution >= 0.6 is 0 Å². The summed E-state index contributed by atoms with van der Waals surface area (Å²) in [5.41, 5.74) is 5.29. The molecule has 0 aliphatic rings. The first-order valence-corrected chi connectivity index (χ1v) is 6.84. The van der Waals surface area contributed by atoms with Crippen molar-refractivity contribution in [2.24, 2.45) is 0 Å². The van der Waals surface area contributed by atoms with Gasteiger partial charge in [-0.25, -0.2) is 0 Å². The molecular weight excluding hydrogens is 282 g/mol. The Bertz CT molecular complexity index is 639. The Kier molecular flexibility index (Phi) is 5.08. The lowest BCUT2D eigenvalue weighted by atomic mass is 10.2. The maximum Gasteiger partial charge on any atom is 0.288 e. The minimum Gasteiger partial charge on any atom is -0.491 e. The number of carbonyl (C=O) groups is 2. The number of hydrogen-bond donors (Lipinski definition) is 2. The number of nitrogens with one attached hydrogen (secondary N) is 2. The highest BCUT2D eigenvalue weighted by Crippen LogP contribution is 2.13. The van der Waals surface area contributed by atoms with E-state index in [0.29, 0.717) is 11.3 Å². The van der Waals surface area contributed by atoms with Crippen LogP contribution in [-0.4, -0.2) is 22.9 Å². The van der Waals surface area contributed by atoms with Crippen LogP contribution in [0.2, 0.25) is 0 Å². The van der Waals surface area contributed by atoms with Crippen molar-refractivity contribution in [2.45, 2.75) is 20.0 Å². The lowest BCUT2D eigenvalue weighted by molar-refractivity contribution is 0.0844. The molecule has 0 radical (unpaired) electrons. The molecule has 0 saturated carbocycles. The summed E-state index contributed by atoms with van der Waals surface area (Å²) in [5, 5.41) is 0. The van der Waals surface area contributed by atoms with Crippen LogP contribution in [0.3, 0.4) is 0 Å². The average molecular weight is 299 g/mol. The minimum absolute atomic E-state index is 0.0670. The molecule has 0 aliphatic carbocycles. The van der Waals surface area contributed by atoms with Gasteiger partial charge in [0, 0.05) is 11.8 Å². The Labute approximate surface area is 128 Å². The van der Waals surface area contributed by atoms with Crippen LogP contribution in [0.15, 0.2) is 48.7 Å². The standard InChI is InChI=1S/C16H17N3O3/c1-11(2)22-13-8-6-12(7-9-13)15(20)18-19-16(21)14-5-3-4-10-17-14/h3-11H,1-2H3,(H,18,20)(H,19,21). The highest BCUT2D eigenvalue weighted by Gasteiger charge is 2.09. The van der Waals surface area contributed by atoms with Gasteiger partial charge in [-0.2, -0.15) is 0 Å². The number of rotatable bonds is 4. The summed E-state index contributed by atoms with van der Waals surface area (Å²) in [6.07, 6.45) is 1.57. The van der Waals surface area contributed by atoms with Crippen molar-refractivity contribution >= 4 is 11.8 Å². The Morgan fingerprint density at radius 1 is 1.00 bits per heavy atom. The topological polar surface area (TPSA) is 80.3 Å². The second kappa shape index (κ2) is 7.21. The van der Waals surface area contributed by atoms with Gasteiger partial charge in [0.05, 0.1) is 6.10 Å². The average Bonchev–Trinajstić information content (AvgIpc) is 2.53. The van der Waals surface area contributed by atoms with Crippen LogP contribution in [-0.2, 0) is 0 Å². The number of aromatic nitrogens is 1. The third-order valence-electron chi connectivity index (χ3n) is 2.68. The number of amides is 2. The zero-order chi connectivity index (χ0) is 15.9. The molecule has 0 unspecified atom stereocenters. The van der Waals surface area contributed by atoms with Crippen molar-refractivity contribution in [2.75, 3.05) is 0 Å². The quantitative estimate of drug-likeness (QED) is 0.846. The highest BCUT2D eigenvalue weighted by atomic mass is 16.5. The summed E-state index contributed by atoms with van der Waals surface area (Å²) in [5.74, 6) is -0.210. The van der Waals surface area contributed by atoms with E-state index in [2.05, 4.69) is 15.8 Å². The van der Waals surface area contributed by atoms with Crippen LogP contribution in [0.25, 0.3) is 0 Å². The molecule has 0 fully saturated rings. The summed E-state index contributed by atoms with van der Waals surface area (Å²) in [4.78, 5) is 27.6. The predicted octanol–water partition coefficient (Wildman–Crippen LogP) is 1.94. The molecule has 6 nitrogen and oxygen atoms in total. The zero-order valence-corrected chi connectivity index (χ0v) is 12.4. The van der Waals surface area contributed by atoms with E-state index in [-0.39, 0.29) is 11.8 Å². The molecule has 2 rings (SSSR count). The smallest absolute Gasteiger partial charge is 0.288 e. The Morgan fingerprint density at radius 3 is 2.27 bits per heavy atom. The van der Waals surface area contributed by atoms with Crippen molar-refractivity contribution in [1.29, 1.82) is 0 Å². The van der Waals surface area contributed by atoms with E-state index in [1.165, 1.54) is 6.20 Å². The fourth-order valence-electron chi connectivity index (χ4n) is 1.70. The van der Waals surface area contributed by atoms with Crippen LogP contribution in [0.1, 0.15) is 34.7 Å². The zero-order valence-electron chi connectivity index (χ0n) is 12.4. The van der Waals surface area contributed by atoms with Gasteiger partial charge in [-0.05, 0) is 50.2 Å². The second-order valence-electron chi connectivity index (χ2n) is 4.81. The molecule has 2 N–H and O–H groups in total. The molecule has 6 heteroatoms. The van der Waals surface area contributed by atoms with Gasteiger partial charge in [0.2, 0.25) is 0 Å². The molecule has 22 heavy (non-hydrogen) atoms. The minimum atomic E-state index is -0.478. The molecule has 2 amide bonds. The van der Waals surface area contributed by atoms with Crippen molar-refractivity contribution < 1.29 is 14.3 Å². The lowest BCUT2D eigenvalue weighted by Gasteiger charge is -2.10. The molecule has 1 aromatic carbocycles. The van der Waals surface area contributed by atoms with Gasteiger partial charge in [-0.3, -0.25) is 25.4 Å². The summed E-state index contributed by atoms with van der Waals surface area (Å²) >= 11 is 0. The van der Waals surface area contributed by atoms with E-state index in [0.717, 1.165) is 0 Å². The van der Waals surface area contributed by atoms with Gasteiger partial charge in [0.25, 0.3) is 11.8 Å². The molecule has 114 valence electrons. The summed E-state index contributed by atoms with van der Waals surface area (Å²) in [6, 6.07) is 11.6. The monoisotopic (exact) mass is 299 g/mol. The summed E-state index contributed by atoms with van der Waals surface area (Å²) in [7, 11) is 0. The number of hydrazine groups is 1. The molecule has 1 heterocycles. The second-order valence-corrected chi connectivity index (χ2v) is 4.81. The van der Waals surface area contributed by atoms with Crippen molar-refractivity contribution in [3.8, 4) is 5.75 Å². The van der Waals surface area contributed by atoms with Gasteiger partial charge in [-0.1, -0.05) is 6.07 Å². The Hall–Kier alpha value is -2.89. The van der Waals surface area contributed by atoms with Gasteiger partial charge < -0.3 is 4.74 Å². The van der Waals surface area contributed by atoms with E-state index in [4.69, 9.17) is 4.74 Å². The third-order valence-corrected chi connectivity index (χ3v) is 2.68. The molecule has 2 aromatic rings. The van der Waals surface area contributed by atoms with E-state index in [9.17, 15) is 9.59 Å². The molecule has 0 spiro atoms. The third kappa shape index (κ3) is 4.31. The van der Waals surface area contributed by atoms with Gasteiger partial charge in [-0.15, -0.1) is 0 Å². The van der Waals surface area contributed by atoms with Gasteiger partial charge in [0.15, 0.2) is 0 Å². The van der Waals surface area contributed by atoms with Gasteiger partial charge in [0.1, 0.15) is 11.4 Å². The molecule has 0 atom stereocenters.